The first kappa shape index (κ1) is 10.5. The average molecular weight is 202 g/mol. The molecule has 0 saturated carbocycles. The second-order valence-corrected chi connectivity index (χ2v) is 2.67. The highest BCUT2D eigenvalue weighted by Crippen LogP contribution is 2.13. The second-order valence-electron chi connectivity index (χ2n) is 2.67. The summed E-state index contributed by atoms with van der Waals surface area (Å²) in [4.78, 5) is 7.45. The molecule has 1 aromatic carbocycles. The van der Waals surface area contributed by atoms with Crippen LogP contribution < -0.4 is 17.2 Å². The van der Waals surface area contributed by atoms with Crippen LogP contribution >= 0.6 is 0 Å². The fourth-order valence-electron chi connectivity index (χ4n) is 0.935. The van der Waals surface area contributed by atoms with Gasteiger partial charge >= 0.3 is 0 Å². The van der Waals surface area contributed by atoms with Crippen LogP contribution in [0.25, 0.3) is 0 Å². The van der Waals surface area contributed by atoms with Gasteiger partial charge in [0.05, 0.1) is 17.3 Å². The normalized spacial score (nSPS) is 10.5. The van der Waals surface area contributed by atoms with Crippen molar-refractivity contribution in [2.24, 2.45) is 27.2 Å². The lowest BCUT2D eigenvalue weighted by Gasteiger charge is -1.96. The number of aliphatic imine (C=N–C) groups is 2. The molecule has 0 amide bonds. The summed E-state index contributed by atoms with van der Waals surface area (Å²) in [6, 6.07) is 8.61. The van der Waals surface area contributed by atoms with Gasteiger partial charge in [-0.05, 0) is 18.2 Å². The van der Waals surface area contributed by atoms with Crippen molar-refractivity contribution in [1.82, 2.24) is 0 Å². The van der Waals surface area contributed by atoms with Crippen LogP contribution in [-0.2, 0) is 0 Å². The topological polar surface area (TPSA) is 127 Å². The summed E-state index contributed by atoms with van der Waals surface area (Å²) in [7, 11) is 0. The summed E-state index contributed by atoms with van der Waals surface area (Å²) >= 11 is 0. The maximum atomic E-state index is 8.64. The van der Waals surface area contributed by atoms with Gasteiger partial charge in [0.15, 0.2) is 5.96 Å². The van der Waals surface area contributed by atoms with E-state index in [1.807, 2.05) is 6.07 Å². The number of rotatable bonds is 1. The molecule has 0 atom stereocenters. The van der Waals surface area contributed by atoms with Gasteiger partial charge in [-0.1, -0.05) is 6.07 Å². The minimum Gasteiger partial charge on any atom is -0.370 e. The summed E-state index contributed by atoms with van der Waals surface area (Å²) in [5.41, 5.74) is 16.7. The predicted octanol–water partition coefficient (Wildman–Crippen LogP) is -0.222. The summed E-state index contributed by atoms with van der Waals surface area (Å²) in [5.74, 6) is -0.210. The van der Waals surface area contributed by atoms with E-state index in [0.717, 1.165) is 0 Å². The van der Waals surface area contributed by atoms with E-state index in [2.05, 4.69) is 9.98 Å². The average Bonchev–Trinajstić information content (AvgIpc) is 2.16. The molecule has 0 unspecified atom stereocenters. The lowest BCUT2D eigenvalue weighted by Crippen LogP contribution is -2.26. The predicted molar refractivity (Wildman–Crippen MR) is 58.2 cm³/mol. The van der Waals surface area contributed by atoms with Crippen LogP contribution in [0.2, 0.25) is 0 Å². The van der Waals surface area contributed by atoms with Gasteiger partial charge in [0, 0.05) is 0 Å². The van der Waals surface area contributed by atoms with E-state index in [0.29, 0.717) is 11.3 Å². The van der Waals surface area contributed by atoms with Crippen LogP contribution in [0.1, 0.15) is 5.56 Å². The van der Waals surface area contributed by atoms with Gasteiger partial charge in [0.2, 0.25) is 5.96 Å². The smallest absolute Gasteiger partial charge is 0.223 e. The molecule has 1 rings (SSSR count). The maximum Gasteiger partial charge on any atom is 0.223 e. The van der Waals surface area contributed by atoms with E-state index in [1.54, 1.807) is 24.3 Å². The molecule has 0 saturated heterocycles. The van der Waals surface area contributed by atoms with Crippen LogP contribution in [0.5, 0.6) is 0 Å². The van der Waals surface area contributed by atoms with Crippen molar-refractivity contribution in [3.8, 4) is 6.07 Å². The molecular formula is C9H10N6. The molecule has 0 radical (unpaired) electrons. The molecule has 0 spiro atoms. The third kappa shape index (κ3) is 3.36. The maximum absolute atomic E-state index is 8.64. The number of nitrogens with two attached hydrogens (primary N) is 3. The van der Waals surface area contributed by atoms with Crippen molar-refractivity contribution in [2.75, 3.05) is 0 Å². The van der Waals surface area contributed by atoms with Gasteiger partial charge in [0.1, 0.15) is 0 Å². The van der Waals surface area contributed by atoms with E-state index in [4.69, 9.17) is 22.5 Å². The first-order valence-corrected chi connectivity index (χ1v) is 4.06. The molecule has 1 aromatic rings. The van der Waals surface area contributed by atoms with E-state index in [1.165, 1.54) is 0 Å². The minimum atomic E-state index is -0.160. The highest BCUT2D eigenvalue weighted by Gasteiger charge is 1.94. The van der Waals surface area contributed by atoms with Crippen molar-refractivity contribution in [1.29, 1.82) is 5.26 Å². The molecule has 0 aromatic heterocycles. The van der Waals surface area contributed by atoms with Crippen molar-refractivity contribution in [3.05, 3.63) is 29.8 Å². The van der Waals surface area contributed by atoms with Crippen molar-refractivity contribution in [3.63, 3.8) is 0 Å². The van der Waals surface area contributed by atoms with Gasteiger partial charge in [0.25, 0.3) is 0 Å². The third-order valence-electron chi connectivity index (χ3n) is 1.46. The standard InChI is InChI=1S/C9H10N6/c10-5-6-2-1-3-7(4-6)14-9(13)15-8(11)12/h1-4H,(H6,11,12,13,14,15). The molecule has 0 aliphatic carbocycles. The Bertz CT molecular complexity index is 450. The molecule has 76 valence electrons. The molecule has 0 aliphatic rings. The number of nitriles is 1. The fourth-order valence-corrected chi connectivity index (χ4v) is 0.935. The Hall–Kier alpha value is -2.55. The van der Waals surface area contributed by atoms with Crippen LogP contribution in [0.4, 0.5) is 5.69 Å². The SMILES string of the molecule is N#Cc1cccc(N=C(N)N=C(N)N)c1. The first-order chi connectivity index (χ1) is 7.11. The van der Waals surface area contributed by atoms with Crippen LogP contribution in [-0.4, -0.2) is 11.9 Å². The Morgan fingerprint density at radius 2 is 2.00 bits per heavy atom. The highest BCUT2D eigenvalue weighted by atomic mass is 15.1. The van der Waals surface area contributed by atoms with Gasteiger partial charge in [-0.15, -0.1) is 0 Å². The summed E-state index contributed by atoms with van der Waals surface area (Å²) in [5, 5.41) is 8.64. The van der Waals surface area contributed by atoms with Crippen molar-refractivity contribution >= 4 is 17.6 Å². The zero-order chi connectivity index (χ0) is 11.3. The highest BCUT2D eigenvalue weighted by molar-refractivity contribution is 5.93. The van der Waals surface area contributed by atoms with Crippen LogP contribution in [0, 0.1) is 11.3 Å². The number of nitrogens with zero attached hydrogens (tertiary/aromatic N) is 3. The third-order valence-corrected chi connectivity index (χ3v) is 1.46. The Morgan fingerprint density at radius 3 is 2.60 bits per heavy atom. The monoisotopic (exact) mass is 202 g/mol. The summed E-state index contributed by atoms with van der Waals surface area (Å²) < 4.78 is 0. The van der Waals surface area contributed by atoms with Crippen molar-refractivity contribution in [2.45, 2.75) is 0 Å². The number of hydrogen-bond acceptors (Lipinski definition) is 2. The number of benzene rings is 1. The molecule has 0 bridgehead atoms. The Labute approximate surface area is 86.7 Å². The minimum absolute atomic E-state index is 0.0508. The molecule has 0 aliphatic heterocycles. The first-order valence-electron chi connectivity index (χ1n) is 4.06. The Balaban J connectivity index is 2.99. The zero-order valence-corrected chi connectivity index (χ0v) is 7.88. The molecular weight excluding hydrogens is 192 g/mol. The van der Waals surface area contributed by atoms with Gasteiger partial charge in [-0.3, -0.25) is 0 Å². The fraction of sp³-hybridized carbons (Fsp3) is 0. The molecule has 6 N–H and O–H groups in total. The number of hydrogen-bond donors (Lipinski definition) is 3. The van der Waals surface area contributed by atoms with Crippen LogP contribution in [0.15, 0.2) is 34.3 Å². The molecule has 0 heterocycles. The molecule has 6 nitrogen and oxygen atoms in total. The van der Waals surface area contributed by atoms with Crippen molar-refractivity contribution < 1.29 is 0 Å². The van der Waals surface area contributed by atoms with E-state index in [-0.39, 0.29) is 11.9 Å². The Kier molecular flexibility index (Phi) is 3.24. The summed E-state index contributed by atoms with van der Waals surface area (Å²) in [6.07, 6.45) is 0. The van der Waals surface area contributed by atoms with Gasteiger partial charge in [-0.25, -0.2) is 4.99 Å². The number of guanidine groups is 2. The summed E-state index contributed by atoms with van der Waals surface area (Å²) in [6.45, 7) is 0. The Morgan fingerprint density at radius 1 is 1.27 bits per heavy atom. The lowest BCUT2D eigenvalue weighted by molar-refractivity contribution is 1.37. The van der Waals surface area contributed by atoms with Gasteiger partial charge < -0.3 is 17.2 Å². The van der Waals surface area contributed by atoms with E-state index in [9.17, 15) is 0 Å². The van der Waals surface area contributed by atoms with Crippen LogP contribution in [0.3, 0.4) is 0 Å². The second kappa shape index (κ2) is 4.62. The molecule has 15 heavy (non-hydrogen) atoms. The lowest BCUT2D eigenvalue weighted by atomic mass is 10.2. The van der Waals surface area contributed by atoms with Gasteiger partial charge in [-0.2, -0.15) is 10.3 Å². The zero-order valence-electron chi connectivity index (χ0n) is 7.88. The quantitative estimate of drug-likeness (QED) is 0.429. The molecule has 0 fully saturated rings. The van der Waals surface area contributed by atoms with E-state index >= 15 is 0 Å². The van der Waals surface area contributed by atoms with E-state index < -0.39 is 0 Å². The largest absolute Gasteiger partial charge is 0.370 e. The molecule has 6 heteroatoms.